The van der Waals surface area contributed by atoms with Crippen LogP contribution in [0.1, 0.15) is 13.8 Å². The predicted molar refractivity (Wildman–Crippen MR) is 72.8 cm³/mol. The van der Waals surface area contributed by atoms with Crippen LogP contribution in [0.25, 0.3) is 0 Å². The average molecular weight is 273 g/mol. The molecule has 0 radical (unpaired) electrons. The fourth-order valence-corrected chi connectivity index (χ4v) is 2.47. The lowest BCUT2D eigenvalue weighted by atomic mass is 9.98. The summed E-state index contributed by atoms with van der Waals surface area (Å²) in [6, 6.07) is 5.27. The smallest absolute Gasteiger partial charge is 0.250 e. The fourth-order valence-electron chi connectivity index (χ4n) is 2.47. The zero-order valence-electron chi connectivity index (χ0n) is 11.3. The molecule has 0 saturated carbocycles. The Morgan fingerprint density at radius 3 is 2.80 bits per heavy atom. The Hall–Kier alpha value is -2.42. The number of anilines is 2. The lowest BCUT2D eigenvalue weighted by Gasteiger charge is -2.35. The molecule has 0 aromatic heterocycles. The monoisotopic (exact) mass is 273 g/mol. The molecule has 0 spiro atoms. The number of rotatable bonds is 2. The number of benzene rings is 1. The van der Waals surface area contributed by atoms with Crippen molar-refractivity contribution in [3.8, 4) is 17.6 Å². The highest BCUT2D eigenvalue weighted by Gasteiger charge is 2.35. The van der Waals surface area contributed by atoms with Crippen LogP contribution in [0, 0.1) is 17.2 Å². The molecule has 1 atom stereocenters. The minimum Gasteiger partial charge on any atom is -0.454 e. The molecule has 1 N–H and O–H groups in total. The Bertz CT molecular complexity index is 606. The number of carbonyl (C=O) groups is 1. The zero-order chi connectivity index (χ0) is 14.3. The van der Waals surface area contributed by atoms with E-state index in [9.17, 15) is 4.79 Å². The summed E-state index contributed by atoms with van der Waals surface area (Å²) in [4.78, 5) is 14.0. The van der Waals surface area contributed by atoms with E-state index in [0.29, 0.717) is 17.2 Å². The van der Waals surface area contributed by atoms with E-state index in [1.807, 2.05) is 26.0 Å². The van der Waals surface area contributed by atoms with Gasteiger partial charge in [0.25, 0.3) is 5.91 Å². The third kappa shape index (κ3) is 1.83. The van der Waals surface area contributed by atoms with Gasteiger partial charge in [0, 0.05) is 12.1 Å². The summed E-state index contributed by atoms with van der Waals surface area (Å²) in [5, 5.41) is 12.2. The highest BCUT2D eigenvalue weighted by molar-refractivity contribution is 6.06. The molecular formula is C14H15N3O3. The first-order valence-corrected chi connectivity index (χ1v) is 6.50. The molecule has 104 valence electrons. The Morgan fingerprint density at radius 2 is 2.15 bits per heavy atom. The predicted octanol–water partition coefficient (Wildman–Crippen LogP) is 1.72. The van der Waals surface area contributed by atoms with Crippen molar-refractivity contribution >= 4 is 17.3 Å². The number of nitrogens with one attached hydrogen (secondary N) is 1. The van der Waals surface area contributed by atoms with Crippen LogP contribution in [-0.2, 0) is 4.79 Å². The molecule has 2 aliphatic heterocycles. The molecule has 3 rings (SSSR count). The van der Waals surface area contributed by atoms with Crippen molar-refractivity contribution < 1.29 is 14.3 Å². The number of ether oxygens (including phenoxy) is 2. The van der Waals surface area contributed by atoms with E-state index in [2.05, 4.69) is 5.32 Å². The Kier molecular flexibility index (Phi) is 2.90. The van der Waals surface area contributed by atoms with Crippen molar-refractivity contribution in [3.05, 3.63) is 12.1 Å². The summed E-state index contributed by atoms with van der Waals surface area (Å²) in [5.74, 6) is 1.30. The topological polar surface area (TPSA) is 74.6 Å². The van der Waals surface area contributed by atoms with Gasteiger partial charge in [-0.1, -0.05) is 13.8 Å². The minimum absolute atomic E-state index is 0.0242. The Labute approximate surface area is 116 Å². The first kappa shape index (κ1) is 12.6. The zero-order valence-corrected chi connectivity index (χ0v) is 11.3. The van der Waals surface area contributed by atoms with Crippen molar-refractivity contribution in [2.45, 2.75) is 19.9 Å². The summed E-state index contributed by atoms with van der Waals surface area (Å²) in [6.07, 6.45) is 0. The summed E-state index contributed by atoms with van der Waals surface area (Å²) in [5.41, 5.74) is 1.46. The largest absolute Gasteiger partial charge is 0.454 e. The van der Waals surface area contributed by atoms with Gasteiger partial charge in [0.05, 0.1) is 17.4 Å². The second-order valence-electron chi connectivity index (χ2n) is 5.17. The van der Waals surface area contributed by atoms with Gasteiger partial charge in [-0.05, 0) is 5.92 Å². The minimum atomic E-state index is -0.337. The van der Waals surface area contributed by atoms with Crippen molar-refractivity contribution in [1.82, 2.24) is 0 Å². The summed E-state index contributed by atoms with van der Waals surface area (Å²) in [7, 11) is 0. The lowest BCUT2D eigenvalue weighted by molar-refractivity contribution is -0.120. The highest BCUT2D eigenvalue weighted by atomic mass is 16.7. The quantitative estimate of drug-likeness (QED) is 0.830. The molecule has 2 aliphatic rings. The maximum atomic E-state index is 12.5. The summed E-state index contributed by atoms with van der Waals surface area (Å²) in [6.45, 7) is 4.14. The number of hydrogen-bond acceptors (Lipinski definition) is 5. The van der Waals surface area contributed by atoms with Crippen molar-refractivity contribution in [2.24, 2.45) is 5.92 Å². The molecule has 1 aromatic rings. The first-order chi connectivity index (χ1) is 9.61. The van der Waals surface area contributed by atoms with Crippen LogP contribution in [0.5, 0.6) is 11.5 Å². The maximum absolute atomic E-state index is 12.5. The third-order valence-corrected chi connectivity index (χ3v) is 3.52. The van der Waals surface area contributed by atoms with Gasteiger partial charge in [0.2, 0.25) is 6.79 Å². The molecule has 0 aliphatic carbocycles. The van der Waals surface area contributed by atoms with Gasteiger partial charge < -0.3 is 14.8 Å². The van der Waals surface area contributed by atoms with Crippen LogP contribution in [0.2, 0.25) is 0 Å². The molecule has 2 heterocycles. The summed E-state index contributed by atoms with van der Waals surface area (Å²) < 4.78 is 10.7. The highest BCUT2D eigenvalue weighted by Crippen LogP contribution is 2.43. The van der Waals surface area contributed by atoms with Gasteiger partial charge in [-0.15, -0.1) is 0 Å². The van der Waals surface area contributed by atoms with E-state index in [-0.39, 0.29) is 31.2 Å². The van der Waals surface area contributed by atoms with Crippen LogP contribution in [0.4, 0.5) is 11.4 Å². The van der Waals surface area contributed by atoms with Gasteiger partial charge in [0.1, 0.15) is 12.6 Å². The van der Waals surface area contributed by atoms with Crippen LogP contribution in [0.15, 0.2) is 12.1 Å². The number of hydrogen-bond donors (Lipinski definition) is 1. The number of nitriles is 1. The normalized spacial score (nSPS) is 19.6. The van der Waals surface area contributed by atoms with Crippen LogP contribution in [0.3, 0.4) is 0 Å². The number of carbonyl (C=O) groups excluding carboxylic acids is 1. The third-order valence-electron chi connectivity index (χ3n) is 3.52. The van der Waals surface area contributed by atoms with Crippen molar-refractivity contribution in [2.75, 3.05) is 23.6 Å². The van der Waals surface area contributed by atoms with Gasteiger partial charge in [-0.2, -0.15) is 5.26 Å². The molecule has 6 heteroatoms. The second-order valence-corrected chi connectivity index (χ2v) is 5.17. The SMILES string of the molecule is CC(C)C1Nc2cc3c(cc2N(CC#N)C1=O)OCO3. The Balaban J connectivity index is 2.08. The number of fused-ring (bicyclic) bond motifs is 2. The second kappa shape index (κ2) is 4.60. The first-order valence-electron chi connectivity index (χ1n) is 6.50. The van der Waals surface area contributed by atoms with E-state index in [0.717, 1.165) is 5.69 Å². The van der Waals surface area contributed by atoms with Crippen molar-refractivity contribution in [1.29, 1.82) is 5.26 Å². The molecule has 1 aromatic carbocycles. The number of amides is 1. The Morgan fingerprint density at radius 1 is 1.45 bits per heavy atom. The van der Waals surface area contributed by atoms with Gasteiger partial charge in [-0.25, -0.2) is 0 Å². The molecular weight excluding hydrogens is 258 g/mol. The van der Waals surface area contributed by atoms with E-state index < -0.39 is 0 Å². The van der Waals surface area contributed by atoms with Gasteiger partial charge >= 0.3 is 0 Å². The molecule has 1 unspecified atom stereocenters. The molecule has 0 fully saturated rings. The van der Waals surface area contributed by atoms with Crippen LogP contribution in [-0.4, -0.2) is 25.3 Å². The molecule has 0 bridgehead atoms. The molecule has 20 heavy (non-hydrogen) atoms. The van der Waals surface area contributed by atoms with Gasteiger partial charge in [0.15, 0.2) is 11.5 Å². The van der Waals surface area contributed by atoms with Gasteiger partial charge in [-0.3, -0.25) is 9.69 Å². The van der Waals surface area contributed by atoms with E-state index in [1.54, 1.807) is 6.07 Å². The number of nitrogens with zero attached hydrogens (tertiary/aromatic N) is 2. The van der Waals surface area contributed by atoms with Crippen LogP contribution >= 0.6 is 0 Å². The van der Waals surface area contributed by atoms with Crippen molar-refractivity contribution in [3.63, 3.8) is 0 Å². The standard InChI is InChI=1S/C14H15N3O3/c1-8(2)13-14(18)17(4-3-15)10-6-12-11(19-7-20-12)5-9(10)16-13/h5-6,8,13,16H,4,7H2,1-2H3. The van der Waals surface area contributed by atoms with E-state index >= 15 is 0 Å². The molecule has 1 amide bonds. The fraction of sp³-hybridized carbons (Fsp3) is 0.429. The average Bonchev–Trinajstić information content (AvgIpc) is 2.86. The van der Waals surface area contributed by atoms with Crippen LogP contribution < -0.4 is 19.7 Å². The van der Waals surface area contributed by atoms with E-state index in [1.165, 1.54) is 4.90 Å². The summed E-state index contributed by atoms with van der Waals surface area (Å²) >= 11 is 0. The van der Waals surface area contributed by atoms with E-state index in [4.69, 9.17) is 14.7 Å². The maximum Gasteiger partial charge on any atom is 0.250 e. The molecule has 0 saturated heterocycles. The molecule has 6 nitrogen and oxygen atoms in total. The lowest BCUT2D eigenvalue weighted by Crippen LogP contribution is -2.49.